The van der Waals surface area contributed by atoms with Crippen molar-refractivity contribution in [3.8, 4) is 5.75 Å². The second-order valence-electron chi connectivity index (χ2n) is 2.41. The van der Waals surface area contributed by atoms with E-state index in [1.165, 1.54) is 0 Å². The van der Waals surface area contributed by atoms with Gasteiger partial charge in [-0.2, -0.15) is 0 Å². The standard InChI is InChI=1S/C8H12N2O.2ClH/c1-6(9)7-3-4-10-5-8(7)11-2;;/h3-6H,9H2,1-2H3;2*1H. The van der Waals surface area contributed by atoms with Gasteiger partial charge in [-0.3, -0.25) is 4.98 Å². The van der Waals surface area contributed by atoms with Gasteiger partial charge in [-0.15, -0.1) is 24.8 Å². The van der Waals surface area contributed by atoms with Gasteiger partial charge in [0.2, 0.25) is 0 Å². The van der Waals surface area contributed by atoms with Gasteiger partial charge in [0.15, 0.2) is 0 Å². The first-order chi connectivity index (χ1) is 5.25. The molecule has 0 saturated heterocycles. The molecular weight excluding hydrogens is 211 g/mol. The van der Waals surface area contributed by atoms with Crippen LogP contribution in [0.5, 0.6) is 5.75 Å². The zero-order valence-electron chi connectivity index (χ0n) is 7.56. The minimum absolute atomic E-state index is 0. The second kappa shape index (κ2) is 6.95. The van der Waals surface area contributed by atoms with Crippen LogP contribution in [-0.2, 0) is 0 Å². The summed E-state index contributed by atoms with van der Waals surface area (Å²) in [5.74, 6) is 0.752. The predicted molar refractivity (Wildman–Crippen MR) is 57.9 cm³/mol. The highest BCUT2D eigenvalue weighted by molar-refractivity contribution is 5.85. The topological polar surface area (TPSA) is 48.1 Å². The fourth-order valence-corrected chi connectivity index (χ4v) is 0.937. The van der Waals surface area contributed by atoms with E-state index >= 15 is 0 Å². The number of hydrogen-bond donors (Lipinski definition) is 1. The van der Waals surface area contributed by atoms with Gasteiger partial charge in [-0.25, -0.2) is 0 Å². The smallest absolute Gasteiger partial charge is 0.141 e. The molecule has 1 aromatic heterocycles. The Kier molecular flexibility index (Phi) is 8.01. The van der Waals surface area contributed by atoms with E-state index in [0.717, 1.165) is 11.3 Å². The minimum Gasteiger partial charge on any atom is -0.495 e. The van der Waals surface area contributed by atoms with E-state index in [1.807, 2.05) is 13.0 Å². The first kappa shape index (κ1) is 15.0. The number of pyridine rings is 1. The van der Waals surface area contributed by atoms with Crippen LogP contribution in [0.1, 0.15) is 18.5 Å². The maximum atomic E-state index is 5.68. The summed E-state index contributed by atoms with van der Waals surface area (Å²) in [5.41, 5.74) is 6.67. The van der Waals surface area contributed by atoms with Crippen LogP contribution in [0.15, 0.2) is 18.5 Å². The van der Waals surface area contributed by atoms with Crippen molar-refractivity contribution in [1.82, 2.24) is 4.98 Å². The quantitative estimate of drug-likeness (QED) is 0.836. The molecule has 2 N–H and O–H groups in total. The van der Waals surface area contributed by atoms with Crippen LogP contribution in [0.3, 0.4) is 0 Å². The number of nitrogens with two attached hydrogens (primary N) is 1. The molecule has 0 bridgehead atoms. The molecule has 5 heteroatoms. The van der Waals surface area contributed by atoms with Crippen LogP contribution in [0.2, 0.25) is 0 Å². The summed E-state index contributed by atoms with van der Waals surface area (Å²) in [6.45, 7) is 1.91. The summed E-state index contributed by atoms with van der Waals surface area (Å²) in [5, 5.41) is 0. The van der Waals surface area contributed by atoms with Crippen molar-refractivity contribution >= 4 is 24.8 Å². The Morgan fingerprint density at radius 2 is 2.08 bits per heavy atom. The Hall–Kier alpha value is -0.510. The van der Waals surface area contributed by atoms with Crippen LogP contribution in [0, 0.1) is 0 Å². The van der Waals surface area contributed by atoms with Gasteiger partial charge in [0.25, 0.3) is 0 Å². The largest absolute Gasteiger partial charge is 0.495 e. The number of hydrogen-bond acceptors (Lipinski definition) is 3. The number of ether oxygens (including phenoxy) is 1. The van der Waals surface area contributed by atoms with E-state index < -0.39 is 0 Å². The highest BCUT2D eigenvalue weighted by atomic mass is 35.5. The molecule has 0 aliphatic heterocycles. The zero-order chi connectivity index (χ0) is 8.27. The number of rotatable bonds is 2. The molecule has 1 heterocycles. The first-order valence-corrected chi connectivity index (χ1v) is 3.49. The predicted octanol–water partition coefficient (Wildman–Crippen LogP) is 1.95. The lowest BCUT2D eigenvalue weighted by Gasteiger charge is -2.09. The summed E-state index contributed by atoms with van der Waals surface area (Å²) in [6.07, 6.45) is 3.37. The van der Waals surface area contributed by atoms with E-state index in [9.17, 15) is 0 Å². The SMILES string of the molecule is COc1cnccc1C(C)N.Cl.Cl. The monoisotopic (exact) mass is 224 g/mol. The summed E-state index contributed by atoms with van der Waals surface area (Å²) in [4.78, 5) is 3.92. The van der Waals surface area contributed by atoms with E-state index in [2.05, 4.69) is 4.98 Å². The van der Waals surface area contributed by atoms with E-state index in [1.54, 1.807) is 19.5 Å². The Morgan fingerprint density at radius 1 is 1.46 bits per heavy atom. The maximum absolute atomic E-state index is 5.68. The van der Waals surface area contributed by atoms with Crippen molar-refractivity contribution in [3.63, 3.8) is 0 Å². The molecule has 0 amide bonds. The number of aromatic nitrogens is 1. The Balaban J connectivity index is 0. The van der Waals surface area contributed by atoms with Crippen LogP contribution in [0.4, 0.5) is 0 Å². The second-order valence-corrected chi connectivity index (χ2v) is 2.41. The van der Waals surface area contributed by atoms with Gasteiger partial charge in [-0.1, -0.05) is 0 Å². The molecule has 13 heavy (non-hydrogen) atoms. The van der Waals surface area contributed by atoms with Gasteiger partial charge >= 0.3 is 0 Å². The molecular formula is C8H14Cl2N2O. The lowest BCUT2D eigenvalue weighted by atomic mass is 10.1. The lowest BCUT2D eigenvalue weighted by molar-refractivity contribution is 0.405. The van der Waals surface area contributed by atoms with Crippen LogP contribution >= 0.6 is 24.8 Å². The van der Waals surface area contributed by atoms with Crippen molar-refractivity contribution in [2.45, 2.75) is 13.0 Å². The Labute approximate surface area is 90.5 Å². The van der Waals surface area contributed by atoms with E-state index in [4.69, 9.17) is 10.5 Å². The van der Waals surface area contributed by atoms with Gasteiger partial charge < -0.3 is 10.5 Å². The lowest BCUT2D eigenvalue weighted by Crippen LogP contribution is -2.06. The highest BCUT2D eigenvalue weighted by Crippen LogP contribution is 2.20. The number of nitrogens with zero attached hydrogens (tertiary/aromatic N) is 1. The number of methoxy groups -OCH3 is 1. The molecule has 1 aromatic rings. The third kappa shape index (κ3) is 3.81. The average molecular weight is 225 g/mol. The number of halogens is 2. The molecule has 0 saturated carbocycles. The molecule has 0 radical (unpaired) electrons. The molecule has 0 spiro atoms. The third-order valence-electron chi connectivity index (χ3n) is 1.53. The molecule has 1 rings (SSSR count). The summed E-state index contributed by atoms with van der Waals surface area (Å²) in [7, 11) is 1.61. The van der Waals surface area contributed by atoms with Crippen molar-refractivity contribution in [3.05, 3.63) is 24.0 Å². The highest BCUT2D eigenvalue weighted by Gasteiger charge is 2.05. The van der Waals surface area contributed by atoms with Crippen molar-refractivity contribution < 1.29 is 4.74 Å². The van der Waals surface area contributed by atoms with E-state index in [0.29, 0.717) is 0 Å². The van der Waals surface area contributed by atoms with Crippen molar-refractivity contribution in [2.24, 2.45) is 5.73 Å². The molecule has 0 aliphatic rings. The molecule has 76 valence electrons. The summed E-state index contributed by atoms with van der Waals surface area (Å²) >= 11 is 0. The Bertz CT molecular complexity index is 243. The third-order valence-corrected chi connectivity index (χ3v) is 1.53. The molecule has 0 aliphatic carbocycles. The van der Waals surface area contributed by atoms with Crippen molar-refractivity contribution in [1.29, 1.82) is 0 Å². The molecule has 3 nitrogen and oxygen atoms in total. The first-order valence-electron chi connectivity index (χ1n) is 3.49. The Morgan fingerprint density at radius 3 is 2.46 bits per heavy atom. The normalized spacial score (nSPS) is 10.7. The van der Waals surface area contributed by atoms with Gasteiger partial charge in [0, 0.05) is 17.8 Å². The molecule has 1 unspecified atom stereocenters. The van der Waals surface area contributed by atoms with Crippen LogP contribution < -0.4 is 10.5 Å². The van der Waals surface area contributed by atoms with Gasteiger partial charge in [0.1, 0.15) is 5.75 Å². The molecule has 1 atom stereocenters. The summed E-state index contributed by atoms with van der Waals surface area (Å²) < 4.78 is 5.06. The molecule has 0 aromatic carbocycles. The average Bonchev–Trinajstić information content (AvgIpc) is 2.04. The van der Waals surface area contributed by atoms with Crippen LogP contribution in [0.25, 0.3) is 0 Å². The van der Waals surface area contributed by atoms with E-state index in [-0.39, 0.29) is 30.9 Å². The minimum atomic E-state index is -0.00653. The molecule has 0 fully saturated rings. The van der Waals surface area contributed by atoms with Gasteiger partial charge in [0.05, 0.1) is 13.3 Å². The van der Waals surface area contributed by atoms with Crippen LogP contribution in [-0.4, -0.2) is 12.1 Å². The maximum Gasteiger partial charge on any atom is 0.141 e. The summed E-state index contributed by atoms with van der Waals surface area (Å²) in [6, 6.07) is 1.86. The van der Waals surface area contributed by atoms with Gasteiger partial charge in [-0.05, 0) is 13.0 Å². The fourth-order valence-electron chi connectivity index (χ4n) is 0.937. The fraction of sp³-hybridized carbons (Fsp3) is 0.375. The van der Waals surface area contributed by atoms with Crippen molar-refractivity contribution in [2.75, 3.05) is 7.11 Å². The zero-order valence-corrected chi connectivity index (χ0v) is 9.19.